The Labute approximate surface area is 174 Å². The second-order valence-corrected chi connectivity index (χ2v) is 9.27. The first kappa shape index (κ1) is 19.5. The lowest BCUT2D eigenvalue weighted by Crippen LogP contribution is -2.05. The van der Waals surface area contributed by atoms with Gasteiger partial charge in [0.25, 0.3) is 0 Å². The van der Waals surface area contributed by atoms with E-state index >= 15 is 0 Å². The van der Waals surface area contributed by atoms with E-state index in [4.69, 9.17) is 23.7 Å². The molecule has 0 aromatic heterocycles. The Morgan fingerprint density at radius 3 is 2.14 bits per heavy atom. The summed E-state index contributed by atoms with van der Waals surface area (Å²) in [5, 5.41) is 0. The third-order valence-electron chi connectivity index (χ3n) is 4.83. The van der Waals surface area contributed by atoms with Crippen LogP contribution in [0.25, 0.3) is 0 Å². The molecule has 0 amide bonds. The van der Waals surface area contributed by atoms with Crippen molar-refractivity contribution in [2.45, 2.75) is 17.4 Å². The van der Waals surface area contributed by atoms with Gasteiger partial charge in [0.05, 0.1) is 25.9 Å². The van der Waals surface area contributed by atoms with Gasteiger partial charge in [0.2, 0.25) is 12.5 Å². The minimum atomic E-state index is 0.285. The number of hydrogen-bond donors (Lipinski definition) is 0. The first-order valence-electron chi connectivity index (χ1n) is 9.18. The van der Waals surface area contributed by atoms with Gasteiger partial charge in [0.15, 0.2) is 23.0 Å². The number of hydrogen-bond acceptors (Lipinski definition) is 7. The normalized spacial score (nSPS) is 16.1. The van der Waals surface area contributed by atoms with Crippen LogP contribution in [-0.2, 0) is 6.42 Å². The highest BCUT2D eigenvalue weighted by Crippen LogP contribution is 2.49. The number of rotatable bonds is 6. The molecule has 2 aliphatic heterocycles. The number of ether oxygens (including phenoxy) is 5. The highest BCUT2D eigenvalue weighted by atomic mass is 32.2. The van der Waals surface area contributed by atoms with Gasteiger partial charge in [-0.2, -0.15) is 0 Å². The van der Waals surface area contributed by atoms with Crippen LogP contribution in [0, 0.1) is 0 Å². The molecule has 2 aliphatic rings. The van der Waals surface area contributed by atoms with Gasteiger partial charge in [0.1, 0.15) is 0 Å². The largest absolute Gasteiger partial charge is 0.493 e. The first-order chi connectivity index (χ1) is 13.7. The summed E-state index contributed by atoms with van der Waals surface area (Å²) in [5.41, 5.74) is 3.65. The van der Waals surface area contributed by atoms with E-state index in [1.807, 2.05) is 35.7 Å². The van der Waals surface area contributed by atoms with Gasteiger partial charge in [-0.05, 0) is 65.3 Å². The van der Waals surface area contributed by atoms with Crippen LogP contribution in [0.15, 0.2) is 24.3 Å². The predicted molar refractivity (Wildman–Crippen MR) is 114 cm³/mol. The van der Waals surface area contributed by atoms with E-state index in [9.17, 15) is 0 Å². The van der Waals surface area contributed by atoms with Gasteiger partial charge in [-0.25, -0.2) is 0 Å². The summed E-state index contributed by atoms with van der Waals surface area (Å²) in [6, 6.07) is 8.30. The van der Waals surface area contributed by atoms with Crippen molar-refractivity contribution in [3.05, 3.63) is 41.0 Å². The zero-order valence-electron chi connectivity index (χ0n) is 16.3. The molecule has 5 nitrogen and oxygen atoms in total. The van der Waals surface area contributed by atoms with Crippen LogP contribution < -0.4 is 23.7 Å². The summed E-state index contributed by atoms with van der Waals surface area (Å²) < 4.78 is 28.2. The van der Waals surface area contributed by atoms with E-state index in [-0.39, 0.29) is 6.79 Å². The fraction of sp³-hybridized carbons (Fsp3) is 0.429. The Bertz CT molecular complexity index is 824. The van der Waals surface area contributed by atoms with E-state index in [0.717, 1.165) is 23.5 Å². The van der Waals surface area contributed by atoms with Crippen molar-refractivity contribution < 1.29 is 23.7 Å². The number of benzene rings is 2. The summed E-state index contributed by atoms with van der Waals surface area (Å²) in [6.07, 6.45) is 2.01. The maximum absolute atomic E-state index is 5.64. The highest BCUT2D eigenvalue weighted by molar-refractivity contribution is 8.16. The molecule has 28 heavy (non-hydrogen) atoms. The summed E-state index contributed by atoms with van der Waals surface area (Å²) in [6.45, 7) is 0.285. The molecule has 1 saturated heterocycles. The molecule has 0 aliphatic carbocycles. The minimum absolute atomic E-state index is 0.285. The lowest BCUT2D eigenvalue weighted by atomic mass is 9.99. The van der Waals surface area contributed by atoms with Crippen LogP contribution in [-0.4, -0.2) is 39.6 Å². The molecule has 2 aromatic rings. The fourth-order valence-electron chi connectivity index (χ4n) is 3.50. The maximum atomic E-state index is 5.64. The number of methoxy groups -OCH3 is 3. The van der Waals surface area contributed by atoms with Gasteiger partial charge in [-0.1, -0.05) is 0 Å². The molecule has 150 valence electrons. The van der Waals surface area contributed by atoms with Crippen LogP contribution >= 0.6 is 23.5 Å². The van der Waals surface area contributed by atoms with Gasteiger partial charge in [0, 0.05) is 0 Å². The molecule has 0 unspecified atom stereocenters. The lowest BCUT2D eigenvalue weighted by Gasteiger charge is -2.24. The molecule has 0 N–H and O–H groups in total. The van der Waals surface area contributed by atoms with Gasteiger partial charge in [-0.3, -0.25) is 0 Å². The van der Waals surface area contributed by atoms with Crippen LogP contribution in [0.2, 0.25) is 0 Å². The van der Waals surface area contributed by atoms with Crippen molar-refractivity contribution in [3.8, 4) is 28.7 Å². The standard InChI is InChI=1S/C21H24O5S2/c1-22-18-8-13(9-19(23-2)20(18)24-3)7-14-10-16-17(26-12-25-16)11-15(14)21-27-5-4-6-28-21/h8-11,21H,4-7,12H2,1-3H3. The third kappa shape index (κ3) is 3.82. The summed E-state index contributed by atoms with van der Waals surface area (Å²) in [7, 11) is 4.90. The molecule has 2 aromatic carbocycles. The smallest absolute Gasteiger partial charge is 0.231 e. The molecular formula is C21H24O5S2. The van der Waals surface area contributed by atoms with Crippen molar-refractivity contribution in [2.75, 3.05) is 39.6 Å². The second-order valence-electron chi connectivity index (χ2n) is 6.54. The molecule has 0 atom stereocenters. The molecule has 7 heteroatoms. The van der Waals surface area contributed by atoms with Gasteiger partial charge >= 0.3 is 0 Å². The molecule has 0 radical (unpaired) electrons. The van der Waals surface area contributed by atoms with Crippen molar-refractivity contribution in [1.29, 1.82) is 0 Å². The predicted octanol–water partition coefficient (Wildman–Crippen LogP) is 4.90. The summed E-state index contributed by atoms with van der Waals surface area (Å²) in [5.74, 6) is 5.98. The Balaban J connectivity index is 1.73. The topological polar surface area (TPSA) is 46.2 Å². The number of thioether (sulfide) groups is 2. The molecule has 2 heterocycles. The van der Waals surface area contributed by atoms with Crippen molar-refractivity contribution in [2.24, 2.45) is 0 Å². The van der Waals surface area contributed by atoms with Crippen molar-refractivity contribution in [1.82, 2.24) is 0 Å². The minimum Gasteiger partial charge on any atom is -0.493 e. The first-order valence-corrected chi connectivity index (χ1v) is 11.3. The average molecular weight is 421 g/mol. The Hall–Kier alpha value is -1.86. The van der Waals surface area contributed by atoms with Gasteiger partial charge < -0.3 is 23.7 Å². The molecule has 0 bridgehead atoms. The van der Waals surface area contributed by atoms with E-state index in [2.05, 4.69) is 12.1 Å². The Kier molecular flexibility index (Phi) is 6.01. The molecule has 0 spiro atoms. The van der Waals surface area contributed by atoms with Crippen LogP contribution in [0.1, 0.15) is 27.7 Å². The highest BCUT2D eigenvalue weighted by Gasteiger charge is 2.25. The average Bonchev–Trinajstić information content (AvgIpc) is 3.20. The van der Waals surface area contributed by atoms with E-state index in [1.165, 1.54) is 29.1 Å². The summed E-state index contributed by atoms with van der Waals surface area (Å²) in [4.78, 5) is 0. The molecule has 1 fully saturated rings. The van der Waals surface area contributed by atoms with Crippen LogP contribution in [0.3, 0.4) is 0 Å². The molecule has 4 rings (SSSR count). The Morgan fingerprint density at radius 2 is 1.54 bits per heavy atom. The van der Waals surface area contributed by atoms with Gasteiger partial charge in [-0.15, -0.1) is 23.5 Å². The van der Waals surface area contributed by atoms with E-state index in [1.54, 1.807) is 21.3 Å². The SMILES string of the molecule is COc1cc(Cc2cc3c(cc2C2SCCCS2)OCO3)cc(OC)c1OC. The third-order valence-corrected chi connectivity index (χ3v) is 7.81. The van der Waals surface area contributed by atoms with Crippen LogP contribution in [0.4, 0.5) is 0 Å². The second kappa shape index (κ2) is 8.66. The lowest BCUT2D eigenvalue weighted by molar-refractivity contribution is 0.174. The fourth-order valence-corrected chi connectivity index (χ4v) is 6.49. The van der Waals surface area contributed by atoms with Crippen LogP contribution in [0.5, 0.6) is 28.7 Å². The number of fused-ring (bicyclic) bond motifs is 1. The summed E-state index contributed by atoms with van der Waals surface area (Å²) >= 11 is 4.01. The molecule has 0 saturated carbocycles. The Morgan fingerprint density at radius 1 is 0.893 bits per heavy atom. The quantitative estimate of drug-likeness (QED) is 0.659. The monoisotopic (exact) mass is 420 g/mol. The van der Waals surface area contributed by atoms with E-state index in [0.29, 0.717) is 21.8 Å². The van der Waals surface area contributed by atoms with Crippen molar-refractivity contribution >= 4 is 23.5 Å². The maximum Gasteiger partial charge on any atom is 0.231 e. The zero-order chi connectivity index (χ0) is 19.5. The zero-order valence-corrected chi connectivity index (χ0v) is 17.9. The molecular weight excluding hydrogens is 396 g/mol. The van der Waals surface area contributed by atoms with E-state index < -0.39 is 0 Å². The van der Waals surface area contributed by atoms with Crippen molar-refractivity contribution in [3.63, 3.8) is 0 Å².